The van der Waals surface area contributed by atoms with E-state index in [-0.39, 0.29) is 12.4 Å². The number of esters is 1. The molecule has 1 N–H and O–H groups in total. The van der Waals surface area contributed by atoms with Crippen molar-refractivity contribution in [3.8, 4) is 11.3 Å². The van der Waals surface area contributed by atoms with Gasteiger partial charge in [-0.05, 0) is 43.3 Å². The van der Waals surface area contributed by atoms with Gasteiger partial charge >= 0.3 is 5.97 Å². The second-order valence-electron chi connectivity index (χ2n) is 5.19. The van der Waals surface area contributed by atoms with Gasteiger partial charge in [0.2, 0.25) is 0 Å². The molecule has 0 unspecified atom stereocenters. The Kier molecular flexibility index (Phi) is 4.69. The van der Waals surface area contributed by atoms with Gasteiger partial charge in [0.25, 0.3) is 0 Å². The Morgan fingerprint density at radius 1 is 1.20 bits per heavy atom. The van der Waals surface area contributed by atoms with E-state index in [1.807, 2.05) is 0 Å². The Bertz CT molecular complexity index is 875. The number of nitrogens with zero attached hydrogens (tertiary/aromatic N) is 4. The summed E-state index contributed by atoms with van der Waals surface area (Å²) in [6, 6.07) is 9.46. The van der Waals surface area contributed by atoms with Crippen LogP contribution >= 0.6 is 0 Å². The third-order valence-electron chi connectivity index (χ3n) is 3.49. The van der Waals surface area contributed by atoms with Gasteiger partial charge in [-0.2, -0.15) is 5.10 Å². The van der Waals surface area contributed by atoms with Crippen molar-refractivity contribution in [3.63, 3.8) is 0 Å². The molecule has 0 aliphatic carbocycles. The minimum absolute atomic E-state index is 0.277. The second-order valence-corrected chi connectivity index (χ2v) is 5.19. The number of hydrogen-bond acceptors (Lipinski definition) is 6. The van der Waals surface area contributed by atoms with Crippen molar-refractivity contribution in [2.75, 3.05) is 11.9 Å². The lowest BCUT2D eigenvalue weighted by atomic mass is 10.1. The Hall–Kier alpha value is -3.29. The number of halogens is 1. The van der Waals surface area contributed by atoms with Gasteiger partial charge in [-0.3, -0.25) is 4.68 Å². The van der Waals surface area contributed by atoms with Gasteiger partial charge in [0, 0.05) is 12.6 Å². The summed E-state index contributed by atoms with van der Waals surface area (Å²) in [4.78, 5) is 12.0. The van der Waals surface area contributed by atoms with Crippen LogP contribution in [0, 0.1) is 5.82 Å². The summed E-state index contributed by atoms with van der Waals surface area (Å²) in [7, 11) is 1.70. The summed E-state index contributed by atoms with van der Waals surface area (Å²) in [5, 5.41) is 15.3. The van der Waals surface area contributed by atoms with Crippen LogP contribution in [0.25, 0.3) is 11.3 Å². The number of benzene rings is 1. The fourth-order valence-electron chi connectivity index (χ4n) is 2.24. The van der Waals surface area contributed by atoms with E-state index in [0.29, 0.717) is 22.9 Å². The molecule has 1 aromatic carbocycles. The summed E-state index contributed by atoms with van der Waals surface area (Å²) < 4.78 is 19.5. The normalized spacial score (nSPS) is 10.5. The van der Waals surface area contributed by atoms with E-state index in [0.717, 1.165) is 5.56 Å². The fourth-order valence-corrected chi connectivity index (χ4v) is 2.24. The van der Waals surface area contributed by atoms with Gasteiger partial charge < -0.3 is 10.1 Å². The van der Waals surface area contributed by atoms with E-state index in [9.17, 15) is 9.18 Å². The zero-order valence-corrected chi connectivity index (χ0v) is 13.7. The minimum Gasteiger partial charge on any atom is -0.462 e. The van der Waals surface area contributed by atoms with Gasteiger partial charge in [-0.25, -0.2) is 9.18 Å². The maximum Gasteiger partial charge on any atom is 0.343 e. The molecule has 128 valence electrons. The first kappa shape index (κ1) is 16.6. The number of hydrogen-bond donors (Lipinski definition) is 1. The number of rotatable bonds is 5. The third kappa shape index (κ3) is 3.63. The van der Waals surface area contributed by atoms with E-state index in [4.69, 9.17) is 4.74 Å². The van der Waals surface area contributed by atoms with Gasteiger partial charge in [-0.1, -0.05) is 0 Å². The standard InChI is InChI=1S/C17H16FN5O2/c1-3-25-17(24)13-10-19-23(2)16(13)20-15-9-8-14(21-22-15)11-4-6-12(18)7-5-11/h4-10H,3H2,1-2H3,(H,20,22). The Morgan fingerprint density at radius 3 is 2.60 bits per heavy atom. The Labute approximate surface area is 143 Å². The number of anilines is 2. The summed E-state index contributed by atoms with van der Waals surface area (Å²) in [6.45, 7) is 2.01. The molecule has 2 heterocycles. The summed E-state index contributed by atoms with van der Waals surface area (Å²) in [6.07, 6.45) is 1.43. The van der Waals surface area contributed by atoms with E-state index in [2.05, 4.69) is 20.6 Å². The van der Waals surface area contributed by atoms with Crippen molar-refractivity contribution in [1.29, 1.82) is 0 Å². The number of aryl methyl sites for hydroxylation is 1. The van der Waals surface area contributed by atoms with Crippen LogP contribution in [0.5, 0.6) is 0 Å². The maximum atomic E-state index is 13.0. The molecule has 8 heteroatoms. The molecule has 0 aliphatic rings. The van der Waals surface area contributed by atoms with Crippen molar-refractivity contribution in [1.82, 2.24) is 20.0 Å². The summed E-state index contributed by atoms with van der Waals surface area (Å²) >= 11 is 0. The number of ether oxygens (including phenoxy) is 1. The molecule has 3 rings (SSSR count). The van der Waals surface area contributed by atoms with Crippen LogP contribution < -0.4 is 5.32 Å². The predicted molar refractivity (Wildman–Crippen MR) is 89.9 cm³/mol. The van der Waals surface area contributed by atoms with Crippen LogP contribution in [0.1, 0.15) is 17.3 Å². The highest BCUT2D eigenvalue weighted by atomic mass is 19.1. The number of carbonyl (C=O) groups excluding carboxylic acids is 1. The molecule has 0 spiro atoms. The zero-order chi connectivity index (χ0) is 17.8. The number of aromatic nitrogens is 4. The van der Waals surface area contributed by atoms with E-state index in [1.165, 1.54) is 23.0 Å². The second kappa shape index (κ2) is 7.08. The molecule has 7 nitrogen and oxygen atoms in total. The van der Waals surface area contributed by atoms with Gasteiger partial charge in [0.1, 0.15) is 17.2 Å². The van der Waals surface area contributed by atoms with E-state index < -0.39 is 5.97 Å². The lowest BCUT2D eigenvalue weighted by Gasteiger charge is -2.08. The molecule has 0 saturated carbocycles. The van der Waals surface area contributed by atoms with E-state index >= 15 is 0 Å². The molecule has 0 saturated heterocycles. The number of nitrogens with one attached hydrogen (secondary N) is 1. The van der Waals surface area contributed by atoms with Crippen molar-refractivity contribution in [2.45, 2.75) is 6.92 Å². The Morgan fingerprint density at radius 2 is 1.96 bits per heavy atom. The van der Waals surface area contributed by atoms with Gasteiger partial charge in [0.05, 0.1) is 18.5 Å². The van der Waals surface area contributed by atoms with Gasteiger partial charge in [-0.15, -0.1) is 10.2 Å². The largest absolute Gasteiger partial charge is 0.462 e. The average molecular weight is 341 g/mol. The van der Waals surface area contributed by atoms with Crippen molar-refractivity contribution < 1.29 is 13.9 Å². The maximum absolute atomic E-state index is 13.0. The monoisotopic (exact) mass is 341 g/mol. The first-order valence-corrected chi connectivity index (χ1v) is 7.64. The molecular formula is C17H16FN5O2. The molecular weight excluding hydrogens is 325 g/mol. The minimum atomic E-state index is -0.464. The smallest absolute Gasteiger partial charge is 0.343 e. The van der Waals surface area contributed by atoms with Crippen LogP contribution in [0.3, 0.4) is 0 Å². The molecule has 25 heavy (non-hydrogen) atoms. The highest BCUT2D eigenvalue weighted by Crippen LogP contribution is 2.22. The van der Waals surface area contributed by atoms with Crippen LogP contribution in [0.2, 0.25) is 0 Å². The Balaban J connectivity index is 1.81. The molecule has 2 aromatic heterocycles. The van der Waals surface area contributed by atoms with Crippen molar-refractivity contribution in [2.24, 2.45) is 7.05 Å². The predicted octanol–water partition coefficient (Wildman–Crippen LogP) is 2.94. The van der Waals surface area contributed by atoms with Gasteiger partial charge in [0.15, 0.2) is 5.82 Å². The highest BCUT2D eigenvalue weighted by molar-refractivity contribution is 5.95. The highest BCUT2D eigenvalue weighted by Gasteiger charge is 2.17. The SMILES string of the molecule is CCOC(=O)c1cnn(C)c1Nc1ccc(-c2ccc(F)cc2)nn1. The molecule has 0 aliphatic heterocycles. The third-order valence-corrected chi connectivity index (χ3v) is 3.49. The molecule has 0 bridgehead atoms. The lowest BCUT2D eigenvalue weighted by Crippen LogP contribution is -2.09. The van der Waals surface area contributed by atoms with Crippen LogP contribution in [-0.4, -0.2) is 32.6 Å². The van der Waals surface area contributed by atoms with Crippen LogP contribution in [-0.2, 0) is 11.8 Å². The van der Waals surface area contributed by atoms with Crippen LogP contribution in [0.15, 0.2) is 42.6 Å². The average Bonchev–Trinajstić information content (AvgIpc) is 2.97. The molecule has 0 atom stereocenters. The zero-order valence-electron chi connectivity index (χ0n) is 13.7. The first-order valence-electron chi connectivity index (χ1n) is 7.64. The molecule has 0 amide bonds. The van der Waals surface area contributed by atoms with Crippen molar-refractivity contribution >= 4 is 17.6 Å². The molecule has 0 radical (unpaired) electrons. The van der Waals surface area contributed by atoms with Crippen molar-refractivity contribution in [3.05, 3.63) is 54.0 Å². The quantitative estimate of drug-likeness (QED) is 0.719. The topological polar surface area (TPSA) is 81.9 Å². The molecule has 0 fully saturated rings. The van der Waals surface area contributed by atoms with E-state index in [1.54, 1.807) is 38.2 Å². The molecule has 3 aromatic rings. The summed E-state index contributed by atoms with van der Waals surface area (Å²) in [5.41, 5.74) is 1.68. The summed E-state index contributed by atoms with van der Waals surface area (Å²) in [5.74, 6) is 0.133. The first-order chi connectivity index (χ1) is 12.1. The van der Waals surface area contributed by atoms with Crippen LogP contribution in [0.4, 0.5) is 16.0 Å². The number of carbonyl (C=O) groups is 1. The lowest BCUT2D eigenvalue weighted by molar-refractivity contribution is 0.0527. The fraction of sp³-hybridized carbons (Fsp3) is 0.176.